The lowest BCUT2D eigenvalue weighted by molar-refractivity contribution is -0.138. The average Bonchev–Trinajstić information content (AvgIpc) is 2.14. The molecule has 1 aliphatic heterocycles. The summed E-state index contributed by atoms with van der Waals surface area (Å²) in [5, 5.41) is 2.91. The quantitative estimate of drug-likeness (QED) is 0.789. The molecule has 1 aliphatic rings. The van der Waals surface area contributed by atoms with Crippen molar-refractivity contribution in [3.63, 3.8) is 0 Å². The zero-order valence-electron chi connectivity index (χ0n) is 8.36. The van der Waals surface area contributed by atoms with Crippen LogP contribution in [0.15, 0.2) is 16.6 Å². The predicted molar refractivity (Wildman–Crippen MR) is 57.7 cm³/mol. The lowest BCUT2D eigenvalue weighted by Crippen LogP contribution is -2.28. The lowest BCUT2D eigenvalue weighted by atomic mass is 10.1. The minimum atomic E-state index is -4.36. The number of hydrogen-bond donors (Lipinski definition) is 1. The fourth-order valence-electron chi connectivity index (χ4n) is 1.52. The number of rotatable bonds is 0. The lowest BCUT2D eigenvalue weighted by Gasteiger charge is -2.26. The second kappa shape index (κ2) is 3.84. The van der Waals surface area contributed by atoms with Gasteiger partial charge in [-0.3, -0.25) is 0 Å². The minimum Gasteiger partial charge on any atom is -0.487 e. The van der Waals surface area contributed by atoms with Gasteiger partial charge in [0.1, 0.15) is 11.9 Å². The summed E-state index contributed by atoms with van der Waals surface area (Å²) in [7, 11) is 0. The number of halogens is 4. The molecule has 0 saturated carbocycles. The van der Waals surface area contributed by atoms with Gasteiger partial charge in [-0.05, 0) is 19.1 Å². The first-order valence-corrected chi connectivity index (χ1v) is 5.48. The molecule has 0 bridgehead atoms. The topological polar surface area (TPSA) is 21.3 Å². The average molecular weight is 296 g/mol. The highest BCUT2D eigenvalue weighted by atomic mass is 79.9. The fraction of sp³-hybridized carbons (Fsp3) is 0.400. The van der Waals surface area contributed by atoms with Gasteiger partial charge in [0.25, 0.3) is 0 Å². The van der Waals surface area contributed by atoms with E-state index in [0.29, 0.717) is 18.0 Å². The van der Waals surface area contributed by atoms with Crippen LogP contribution in [-0.2, 0) is 6.18 Å². The number of nitrogens with one attached hydrogen (secondary N) is 1. The van der Waals surface area contributed by atoms with E-state index in [2.05, 4.69) is 21.2 Å². The third kappa shape index (κ3) is 2.11. The Labute approximate surface area is 98.9 Å². The molecule has 0 aromatic heterocycles. The molecule has 0 fully saturated rings. The molecule has 1 unspecified atom stereocenters. The maximum Gasteiger partial charge on any atom is 0.417 e. The van der Waals surface area contributed by atoms with Crippen molar-refractivity contribution in [3.05, 3.63) is 22.2 Å². The van der Waals surface area contributed by atoms with Crippen LogP contribution < -0.4 is 10.1 Å². The Bertz CT molecular complexity index is 419. The molecular weight excluding hydrogens is 287 g/mol. The van der Waals surface area contributed by atoms with E-state index in [-0.39, 0.29) is 10.6 Å². The molecule has 1 aromatic carbocycles. The van der Waals surface area contributed by atoms with Gasteiger partial charge in [0.05, 0.1) is 17.8 Å². The summed E-state index contributed by atoms with van der Waals surface area (Å²) in [4.78, 5) is 0. The molecule has 0 saturated heterocycles. The van der Waals surface area contributed by atoms with Gasteiger partial charge in [0, 0.05) is 4.47 Å². The number of ether oxygens (including phenoxy) is 1. The van der Waals surface area contributed by atoms with Gasteiger partial charge in [-0.2, -0.15) is 13.2 Å². The zero-order valence-corrected chi connectivity index (χ0v) is 9.95. The number of benzene rings is 1. The molecule has 16 heavy (non-hydrogen) atoms. The van der Waals surface area contributed by atoms with Crippen LogP contribution in [0, 0.1) is 0 Å². The highest BCUT2D eigenvalue weighted by Gasteiger charge is 2.34. The standard InChI is InChI=1S/C10H9BrF3NO/c1-5-4-15-8-2-6(10(12,13)14)7(11)3-9(8)16-5/h2-3,5,15H,4H2,1H3. The Morgan fingerprint density at radius 2 is 2.12 bits per heavy atom. The first-order valence-electron chi connectivity index (χ1n) is 4.69. The van der Waals surface area contributed by atoms with Crippen LogP contribution in [-0.4, -0.2) is 12.6 Å². The fourth-order valence-corrected chi connectivity index (χ4v) is 2.07. The molecule has 88 valence electrons. The van der Waals surface area contributed by atoms with Crippen molar-refractivity contribution in [2.24, 2.45) is 0 Å². The van der Waals surface area contributed by atoms with Crippen LogP contribution in [0.5, 0.6) is 5.75 Å². The number of anilines is 1. The molecule has 0 aliphatic carbocycles. The van der Waals surface area contributed by atoms with Gasteiger partial charge in [-0.1, -0.05) is 15.9 Å². The first kappa shape index (κ1) is 11.6. The molecule has 0 radical (unpaired) electrons. The van der Waals surface area contributed by atoms with E-state index in [9.17, 15) is 13.2 Å². The highest BCUT2D eigenvalue weighted by Crippen LogP contribution is 2.41. The third-order valence-electron chi connectivity index (χ3n) is 2.28. The van der Waals surface area contributed by atoms with Gasteiger partial charge in [0.15, 0.2) is 0 Å². The summed E-state index contributed by atoms with van der Waals surface area (Å²) >= 11 is 2.90. The van der Waals surface area contributed by atoms with Gasteiger partial charge in [0.2, 0.25) is 0 Å². The van der Waals surface area contributed by atoms with E-state index >= 15 is 0 Å². The second-order valence-electron chi connectivity index (χ2n) is 3.64. The Hall–Kier alpha value is -0.910. The molecule has 1 heterocycles. The van der Waals surface area contributed by atoms with Crippen LogP contribution in [0.2, 0.25) is 0 Å². The molecule has 2 rings (SSSR count). The van der Waals surface area contributed by atoms with Crippen molar-refractivity contribution in [3.8, 4) is 5.75 Å². The molecular formula is C10H9BrF3NO. The summed E-state index contributed by atoms with van der Waals surface area (Å²) in [6, 6.07) is 2.41. The van der Waals surface area contributed by atoms with Crippen LogP contribution in [0.25, 0.3) is 0 Å². The molecule has 6 heteroatoms. The zero-order chi connectivity index (χ0) is 11.9. The summed E-state index contributed by atoms with van der Waals surface area (Å²) < 4.78 is 43.2. The molecule has 1 N–H and O–H groups in total. The summed E-state index contributed by atoms with van der Waals surface area (Å²) in [5.74, 6) is 0.443. The first-order chi connectivity index (χ1) is 7.38. The van der Waals surface area contributed by atoms with Crippen molar-refractivity contribution in [2.75, 3.05) is 11.9 Å². The van der Waals surface area contributed by atoms with Crippen molar-refractivity contribution < 1.29 is 17.9 Å². The third-order valence-corrected chi connectivity index (χ3v) is 2.94. The van der Waals surface area contributed by atoms with E-state index in [1.54, 1.807) is 0 Å². The number of fused-ring (bicyclic) bond motifs is 1. The van der Waals surface area contributed by atoms with Gasteiger partial charge >= 0.3 is 6.18 Å². The normalized spacial score (nSPS) is 19.7. The maximum absolute atomic E-state index is 12.6. The summed E-state index contributed by atoms with van der Waals surface area (Å²) in [6.45, 7) is 2.35. The SMILES string of the molecule is CC1CNc2cc(C(F)(F)F)c(Br)cc2O1. The molecule has 0 spiro atoms. The van der Waals surface area contributed by atoms with E-state index in [1.807, 2.05) is 6.92 Å². The Kier molecular flexibility index (Phi) is 2.77. The van der Waals surface area contributed by atoms with Crippen LogP contribution in [0.4, 0.5) is 18.9 Å². The van der Waals surface area contributed by atoms with Crippen LogP contribution in [0.3, 0.4) is 0 Å². The van der Waals surface area contributed by atoms with E-state index in [0.717, 1.165) is 6.07 Å². The molecule has 0 amide bonds. The maximum atomic E-state index is 12.6. The Morgan fingerprint density at radius 1 is 1.44 bits per heavy atom. The van der Waals surface area contributed by atoms with E-state index in [4.69, 9.17) is 4.74 Å². The Morgan fingerprint density at radius 3 is 2.75 bits per heavy atom. The molecule has 1 atom stereocenters. The van der Waals surface area contributed by atoms with E-state index in [1.165, 1.54) is 6.07 Å². The van der Waals surface area contributed by atoms with Gasteiger partial charge in [-0.25, -0.2) is 0 Å². The predicted octanol–water partition coefficient (Wildman–Crippen LogP) is 3.66. The van der Waals surface area contributed by atoms with Gasteiger partial charge < -0.3 is 10.1 Å². The number of hydrogen-bond acceptors (Lipinski definition) is 2. The second-order valence-corrected chi connectivity index (χ2v) is 4.49. The van der Waals surface area contributed by atoms with Crippen molar-refractivity contribution >= 4 is 21.6 Å². The summed E-state index contributed by atoms with van der Waals surface area (Å²) in [5.41, 5.74) is -0.314. The van der Waals surface area contributed by atoms with Crippen molar-refractivity contribution in [2.45, 2.75) is 19.2 Å². The largest absolute Gasteiger partial charge is 0.487 e. The van der Waals surface area contributed by atoms with Crippen molar-refractivity contribution in [1.29, 1.82) is 0 Å². The Balaban J connectivity index is 2.46. The van der Waals surface area contributed by atoms with E-state index < -0.39 is 11.7 Å². The molecule has 2 nitrogen and oxygen atoms in total. The van der Waals surface area contributed by atoms with Gasteiger partial charge in [-0.15, -0.1) is 0 Å². The monoisotopic (exact) mass is 295 g/mol. The van der Waals surface area contributed by atoms with Crippen molar-refractivity contribution in [1.82, 2.24) is 0 Å². The minimum absolute atomic E-state index is 0.00495. The highest BCUT2D eigenvalue weighted by molar-refractivity contribution is 9.10. The van der Waals surface area contributed by atoms with Crippen LogP contribution in [0.1, 0.15) is 12.5 Å². The smallest absolute Gasteiger partial charge is 0.417 e. The van der Waals surface area contributed by atoms with Crippen LogP contribution >= 0.6 is 15.9 Å². The number of alkyl halides is 3. The molecule has 1 aromatic rings. The summed E-state index contributed by atoms with van der Waals surface area (Å²) in [6.07, 6.45) is -4.41.